The predicted octanol–water partition coefficient (Wildman–Crippen LogP) is 3.30. The van der Waals surface area contributed by atoms with E-state index >= 15 is 0 Å². The van der Waals surface area contributed by atoms with Crippen molar-refractivity contribution >= 4 is 39.7 Å². The van der Waals surface area contributed by atoms with Crippen molar-refractivity contribution in [1.29, 1.82) is 0 Å². The number of amides is 1. The van der Waals surface area contributed by atoms with E-state index < -0.39 is 0 Å². The summed E-state index contributed by atoms with van der Waals surface area (Å²) in [6.45, 7) is 7.23. The minimum atomic E-state index is -0.0580. The Balaban J connectivity index is 1.76. The van der Waals surface area contributed by atoms with Gasteiger partial charge in [-0.05, 0) is 37.0 Å². The highest BCUT2D eigenvalue weighted by molar-refractivity contribution is 7.14. The summed E-state index contributed by atoms with van der Waals surface area (Å²) in [6, 6.07) is 7.32. The fourth-order valence-electron chi connectivity index (χ4n) is 3.13. The van der Waals surface area contributed by atoms with Gasteiger partial charge in [0.1, 0.15) is 12.2 Å². The molecule has 1 fully saturated rings. The molecular weight excluding hydrogens is 342 g/mol. The molecule has 1 amide bonds. The molecule has 4 nitrogen and oxygen atoms in total. The maximum atomic E-state index is 12.1. The monoisotopic (exact) mass is 364 g/mol. The number of quaternary nitrogens is 1. The van der Waals surface area contributed by atoms with E-state index in [1.165, 1.54) is 37.3 Å². The first-order valence-electron chi connectivity index (χ1n) is 8.37. The van der Waals surface area contributed by atoms with Crippen molar-refractivity contribution in [3.05, 3.63) is 40.4 Å². The maximum Gasteiger partial charge on any atom is 0.230 e. The third kappa shape index (κ3) is 4.15. The Labute approximate surface area is 152 Å². The number of rotatable bonds is 4. The minimum absolute atomic E-state index is 0.0580. The standard InChI is InChI=1S/C18H22ClN3OS/c1-13-6-8-21(9-7-13)11-16-12-24-18(20-16)22(14(2)23)17-5-3-4-15(19)10-17/h3-5,10,12-13H,6-9,11H2,1-2H3/p+1. The molecular formula is C18H23ClN3OS+. The van der Waals surface area contributed by atoms with Crippen LogP contribution in [0.5, 0.6) is 0 Å². The largest absolute Gasteiger partial charge is 0.330 e. The van der Waals surface area contributed by atoms with E-state index in [0.29, 0.717) is 10.2 Å². The molecule has 1 aromatic heterocycles. The van der Waals surface area contributed by atoms with Gasteiger partial charge in [-0.25, -0.2) is 4.98 Å². The Kier molecular flexibility index (Phi) is 5.54. The van der Waals surface area contributed by atoms with Gasteiger partial charge in [-0.3, -0.25) is 9.69 Å². The van der Waals surface area contributed by atoms with E-state index in [1.807, 2.05) is 12.1 Å². The average molecular weight is 365 g/mol. The molecule has 2 aromatic rings. The third-order valence-corrected chi connectivity index (χ3v) is 5.63. The lowest BCUT2D eigenvalue weighted by Crippen LogP contribution is -3.11. The van der Waals surface area contributed by atoms with E-state index in [9.17, 15) is 4.79 Å². The van der Waals surface area contributed by atoms with Crippen LogP contribution in [-0.4, -0.2) is 24.0 Å². The van der Waals surface area contributed by atoms with Crippen LogP contribution in [0.2, 0.25) is 5.02 Å². The highest BCUT2D eigenvalue weighted by Crippen LogP contribution is 2.30. The van der Waals surface area contributed by atoms with Crippen molar-refractivity contribution < 1.29 is 9.69 Å². The number of hydrogen-bond donors (Lipinski definition) is 1. The Morgan fingerprint density at radius 3 is 2.83 bits per heavy atom. The quantitative estimate of drug-likeness (QED) is 0.903. The highest BCUT2D eigenvalue weighted by atomic mass is 35.5. The number of thiazole rings is 1. The Bertz CT molecular complexity index is 710. The fourth-order valence-corrected chi connectivity index (χ4v) is 4.20. The summed E-state index contributed by atoms with van der Waals surface area (Å²) < 4.78 is 0. The van der Waals surface area contributed by atoms with Gasteiger partial charge < -0.3 is 4.90 Å². The second kappa shape index (κ2) is 7.64. The number of likely N-dealkylation sites (tertiary alicyclic amines) is 1. The Hall–Kier alpha value is -1.43. The van der Waals surface area contributed by atoms with E-state index in [1.54, 1.807) is 28.9 Å². The molecule has 0 atom stereocenters. The molecule has 0 saturated carbocycles. The van der Waals surface area contributed by atoms with Crippen molar-refractivity contribution in [2.75, 3.05) is 18.0 Å². The van der Waals surface area contributed by atoms with E-state index in [2.05, 4.69) is 12.3 Å². The van der Waals surface area contributed by atoms with Gasteiger partial charge >= 0.3 is 0 Å². The van der Waals surface area contributed by atoms with Gasteiger partial charge in [-0.15, -0.1) is 11.3 Å². The summed E-state index contributed by atoms with van der Waals surface area (Å²) >= 11 is 7.58. The van der Waals surface area contributed by atoms with Gasteiger partial charge in [0.2, 0.25) is 5.91 Å². The zero-order valence-electron chi connectivity index (χ0n) is 14.1. The minimum Gasteiger partial charge on any atom is -0.330 e. The number of carbonyl (C=O) groups excluding carboxylic acids is 1. The first-order chi connectivity index (χ1) is 11.5. The molecule has 6 heteroatoms. The van der Waals surface area contributed by atoms with Crippen molar-refractivity contribution in [1.82, 2.24) is 4.98 Å². The third-order valence-electron chi connectivity index (χ3n) is 4.52. The maximum absolute atomic E-state index is 12.1. The zero-order chi connectivity index (χ0) is 17.1. The van der Waals surface area contributed by atoms with Crippen LogP contribution in [0, 0.1) is 5.92 Å². The fraction of sp³-hybridized carbons (Fsp3) is 0.444. The number of carbonyl (C=O) groups is 1. The normalized spacial score (nSPS) is 20.8. The molecule has 1 N–H and O–H groups in total. The summed E-state index contributed by atoms with van der Waals surface area (Å²) in [5, 5.41) is 3.40. The summed E-state index contributed by atoms with van der Waals surface area (Å²) in [6.07, 6.45) is 2.57. The lowest BCUT2D eigenvalue weighted by molar-refractivity contribution is -0.920. The summed E-state index contributed by atoms with van der Waals surface area (Å²) in [5.41, 5.74) is 1.82. The first kappa shape index (κ1) is 17.4. The molecule has 1 saturated heterocycles. The van der Waals surface area contributed by atoms with E-state index in [0.717, 1.165) is 23.8 Å². The number of anilines is 2. The first-order valence-corrected chi connectivity index (χ1v) is 9.63. The van der Waals surface area contributed by atoms with Crippen LogP contribution in [0.4, 0.5) is 10.8 Å². The number of hydrogen-bond acceptors (Lipinski definition) is 3. The molecule has 2 heterocycles. The van der Waals surface area contributed by atoms with E-state index in [-0.39, 0.29) is 5.91 Å². The molecule has 128 valence electrons. The molecule has 1 aliphatic rings. The SMILES string of the molecule is CC(=O)N(c1cccc(Cl)c1)c1nc(C[NH+]2CCC(C)CC2)cs1. The van der Waals surface area contributed by atoms with Crippen molar-refractivity contribution in [3.63, 3.8) is 0 Å². The molecule has 0 unspecified atom stereocenters. The second-order valence-corrected chi connectivity index (χ2v) is 7.84. The number of piperidine rings is 1. The van der Waals surface area contributed by atoms with Gasteiger partial charge in [0.05, 0.1) is 18.8 Å². The van der Waals surface area contributed by atoms with Gasteiger partial charge in [-0.2, -0.15) is 0 Å². The van der Waals surface area contributed by atoms with Crippen LogP contribution in [0.3, 0.4) is 0 Å². The number of benzene rings is 1. The lowest BCUT2D eigenvalue weighted by atomic mass is 9.99. The zero-order valence-corrected chi connectivity index (χ0v) is 15.7. The van der Waals surface area contributed by atoms with Crippen LogP contribution in [0.1, 0.15) is 32.4 Å². The van der Waals surface area contributed by atoms with Crippen LogP contribution in [0.25, 0.3) is 0 Å². The number of nitrogens with one attached hydrogen (secondary N) is 1. The molecule has 0 spiro atoms. The number of nitrogens with zero attached hydrogens (tertiary/aromatic N) is 2. The van der Waals surface area contributed by atoms with Crippen LogP contribution >= 0.6 is 22.9 Å². The lowest BCUT2D eigenvalue weighted by Gasteiger charge is -2.26. The molecule has 0 aliphatic carbocycles. The number of aromatic nitrogens is 1. The summed E-state index contributed by atoms with van der Waals surface area (Å²) in [5.74, 6) is 0.785. The summed E-state index contributed by atoms with van der Waals surface area (Å²) in [7, 11) is 0. The highest BCUT2D eigenvalue weighted by Gasteiger charge is 2.22. The van der Waals surface area contributed by atoms with Gasteiger partial charge in [0.15, 0.2) is 5.13 Å². The topological polar surface area (TPSA) is 37.6 Å². The van der Waals surface area contributed by atoms with Gasteiger partial charge in [-0.1, -0.05) is 24.6 Å². The van der Waals surface area contributed by atoms with Crippen molar-refractivity contribution in [3.8, 4) is 0 Å². The molecule has 1 aromatic carbocycles. The smallest absolute Gasteiger partial charge is 0.230 e. The van der Waals surface area contributed by atoms with Crippen molar-refractivity contribution in [2.45, 2.75) is 33.2 Å². The average Bonchev–Trinajstić information content (AvgIpc) is 2.97. The second-order valence-electron chi connectivity index (χ2n) is 6.57. The van der Waals surface area contributed by atoms with Crippen LogP contribution in [-0.2, 0) is 11.3 Å². The van der Waals surface area contributed by atoms with E-state index in [4.69, 9.17) is 16.6 Å². The predicted molar refractivity (Wildman–Crippen MR) is 99.2 cm³/mol. The molecule has 3 rings (SSSR count). The molecule has 0 radical (unpaired) electrons. The van der Waals surface area contributed by atoms with Crippen molar-refractivity contribution in [2.24, 2.45) is 5.92 Å². The molecule has 24 heavy (non-hydrogen) atoms. The van der Waals surface area contributed by atoms with Crippen LogP contribution < -0.4 is 9.80 Å². The van der Waals surface area contributed by atoms with Crippen LogP contribution in [0.15, 0.2) is 29.6 Å². The van der Waals surface area contributed by atoms with Gasteiger partial charge in [0, 0.05) is 17.3 Å². The summed E-state index contributed by atoms with van der Waals surface area (Å²) in [4.78, 5) is 20.1. The Morgan fingerprint density at radius 2 is 2.17 bits per heavy atom. The molecule has 1 aliphatic heterocycles. The Morgan fingerprint density at radius 1 is 1.42 bits per heavy atom. The molecule has 0 bridgehead atoms. The number of halogens is 1. The van der Waals surface area contributed by atoms with Gasteiger partial charge in [0.25, 0.3) is 0 Å².